The highest BCUT2D eigenvalue weighted by Gasteiger charge is 2.05. The predicted molar refractivity (Wildman–Crippen MR) is 79.7 cm³/mol. The number of rotatable bonds is 6. The molecular weight excluding hydrogens is 270 g/mol. The molecule has 110 valence electrons. The van der Waals surface area contributed by atoms with Crippen LogP contribution in [-0.4, -0.2) is 36.3 Å². The smallest absolute Gasteiger partial charge is 0.271 e. The van der Waals surface area contributed by atoms with Gasteiger partial charge in [-0.1, -0.05) is 6.07 Å². The lowest BCUT2D eigenvalue weighted by atomic mass is 10.3. The molecule has 1 aromatic heterocycles. The number of anilines is 2. The Morgan fingerprint density at radius 2 is 2.14 bits per heavy atom. The van der Waals surface area contributed by atoms with Gasteiger partial charge in [-0.25, -0.2) is 0 Å². The number of nitrogens with one attached hydrogen (secondary N) is 2. The van der Waals surface area contributed by atoms with Crippen molar-refractivity contribution in [2.75, 3.05) is 25.5 Å². The normalized spacial score (nSPS) is 10.0. The zero-order valence-corrected chi connectivity index (χ0v) is 11.7. The van der Waals surface area contributed by atoms with Crippen LogP contribution in [0.15, 0.2) is 36.4 Å². The summed E-state index contributed by atoms with van der Waals surface area (Å²) in [5.74, 6) is 0.991. The minimum absolute atomic E-state index is 0.267. The molecule has 1 heterocycles. The summed E-state index contributed by atoms with van der Waals surface area (Å²) in [6.07, 6.45) is 0. The number of benzene rings is 1. The van der Waals surface area contributed by atoms with E-state index in [1.54, 1.807) is 19.2 Å². The van der Waals surface area contributed by atoms with Gasteiger partial charge in [0, 0.05) is 25.3 Å². The zero-order valence-electron chi connectivity index (χ0n) is 11.7. The fourth-order valence-corrected chi connectivity index (χ4v) is 1.64. The van der Waals surface area contributed by atoms with Crippen molar-refractivity contribution in [1.29, 1.82) is 0 Å². The molecule has 21 heavy (non-hydrogen) atoms. The lowest BCUT2D eigenvalue weighted by molar-refractivity contribution is 0.0957. The van der Waals surface area contributed by atoms with Crippen LogP contribution in [0, 0.1) is 0 Å². The number of hydrogen-bond donors (Lipinski definition) is 3. The van der Waals surface area contributed by atoms with Crippen molar-refractivity contribution in [2.45, 2.75) is 0 Å². The molecule has 0 spiro atoms. The van der Waals surface area contributed by atoms with Gasteiger partial charge < -0.3 is 21.1 Å². The van der Waals surface area contributed by atoms with Crippen LogP contribution in [-0.2, 0) is 0 Å². The predicted octanol–water partition coefficient (Wildman–Crippen LogP) is 0.917. The SMILES string of the molecule is CNC(=O)c1ccc(Nc2cccc(OCCN)c2)nn1. The summed E-state index contributed by atoms with van der Waals surface area (Å²) in [4.78, 5) is 11.4. The molecule has 0 bridgehead atoms. The van der Waals surface area contributed by atoms with E-state index in [2.05, 4.69) is 20.8 Å². The van der Waals surface area contributed by atoms with Gasteiger partial charge in [-0.15, -0.1) is 10.2 Å². The highest BCUT2D eigenvalue weighted by Crippen LogP contribution is 2.20. The van der Waals surface area contributed by atoms with Crippen LogP contribution in [0.25, 0.3) is 0 Å². The van der Waals surface area contributed by atoms with E-state index in [9.17, 15) is 4.79 Å². The molecule has 0 radical (unpaired) electrons. The van der Waals surface area contributed by atoms with Crippen molar-refractivity contribution in [3.63, 3.8) is 0 Å². The average Bonchev–Trinajstić information content (AvgIpc) is 2.53. The lowest BCUT2D eigenvalue weighted by Crippen LogP contribution is -2.19. The van der Waals surface area contributed by atoms with Crippen molar-refractivity contribution < 1.29 is 9.53 Å². The van der Waals surface area contributed by atoms with E-state index in [1.165, 1.54) is 0 Å². The highest BCUT2D eigenvalue weighted by atomic mass is 16.5. The maximum absolute atomic E-state index is 11.4. The Morgan fingerprint density at radius 1 is 1.29 bits per heavy atom. The maximum Gasteiger partial charge on any atom is 0.271 e. The number of hydrogen-bond acceptors (Lipinski definition) is 6. The van der Waals surface area contributed by atoms with Gasteiger partial charge in [-0.2, -0.15) is 0 Å². The maximum atomic E-state index is 11.4. The van der Waals surface area contributed by atoms with Crippen LogP contribution in [0.4, 0.5) is 11.5 Å². The van der Waals surface area contributed by atoms with E-state index in [0.717, 1.165) is 11.4 Å². The third-order valence-corrected chi connectivity index (χ3v) is 2.62. The van der Waals surface area contributed by atoms with E-state index in [4.69, 9.17) is 10.5 Å². The number of nitrogens with zero attached hydrogens (tertiary/aromatic N) is 2. The Hall–Kier alpha value is -2.67. The standard InChI is InChI=1S/C14H17N5O2/c1-16-14(20)12-5-6-13(19-18-12)17-10-3-2-4-11(9-10)21-8-7-15/h2-6,9H,7-8,15H2,1H3,(H,16,20)(H,17,19). The molecule has 0 saturated heterocycles. The first-order chi connectivity index (χ1) is 10.2. The second-order valence-corrected chi connectivity index (χ2v) is 4.17. The zero-order chi connectivity index (χ0) is 15.1. The van der Waals surface area contributed by atoms with Gasteiger partial charge in [0.1, 0.15) is 12.4 Å². The quantitative estimate of drug-likeness (QED) is 0.730. The molecule has 4 N–H and O–H groups in total. The van der Waals surface area contributed by atoms with Crippen molar-refractivity contribution in [3.05, 3.63) is 42.1 Å². The molecule has 0 aliphatic carbocycles. The van der Waals surface area contributed by atoms with Crippen LogP contribution in [0.3, 0.4) is 0 Å². The summed E-state index contributed by atoms with van der Waals surface area (Å²) >= 11 is 0. The second-order valence-electron chi connectivity index (χ2n) is 4.17. The van der Waals surface area contributed by atoms with Gasteiger partial charge in [-0.3, -0.25) is 4.79 Å². The van der Waals surface area contributed by atoms with E-state index >= 15 is 0 Å². The second kappa shape index (κ2) is 7.20. The van der Waals surface area contributed by atoms with Crippen molar-refractivity contribution in [1.82, 2.24) is 15.5 Å². The average molecular weight is 287 g/mol. The van der Waals surface area contributed by atoms with Crippen LogP contribution in [0.5, 0.6) is 5.75 Å². The summed E-state index contributed by atoms with van der Waals surface area (Å²) in [5.41, 5.74) is 6.47. The number of carbonyl (C=O) groups is 1. The molecule has 0 aliphatic rings. The molecular formula is C14H17N5O2. The number of aromatic nitrogens is 2. The van der Waals surface area contributed by atoms with Gasteiger partial charge in [0.05, 0.1) is 0 Å². The van der Waals surface area contributed by atoms with Crippen molar-refractivity contribution >= 4 is 17.4 Å². The molecule has 7 heteroatoms. The molecule has 1 amide bonds. The van der Waals surface area contributed by atoms with Gasteiger partial charge in [0.15, 0.2) is 11.5 Å². The number of ether oxygens (including phenoxy) is 1. The first-order valence-corrected chi connectivity index (χ1v) is 6.48. The van der Waals surface area contributed by atoms with Crippen molar-refractivity contribution in [2.24, 2.45) is 5.73 Å². The summed E-state index contributed by atoms with van der Waals surface area (Å²) < 4.78 is 5.44. The van der Waals surface area contributed by atoms with E-state index in [0.29, 0.717) is 19.0 Å². The van der Waals surface area contributed by atoms with Crippen molar-refractivity contribution in [3.8, 4) is 5.75 Å². The first kappa shape index (κ1) is 14.7. The van der Waals surface area contributed by atoms with E-state index in [-0.39, 0.29) is 11.6 Å². The summed E-state index contributed by atoms with van der Waals surface area (Å²) in [7, 11) is 1.54. The van der Waals surface area contributed by atoms with Crippen LogP contribution < -0.4 is 21.1 Å². The minimum atomic E-state index is -0.272. The Labute approximate surface area is 122 Å². The summed E-state index contributed by atoms with van der Waals surface area (Å²) in [5, 5.41) is 13.4. The lowest BCUT2D eigenvalue weighted by Gasteiger charge is -2.08. The topological polar surface area (TPSA) is 102 Å². The summed E-state index contributed by atoms with van der Waals surface area (Å²) in [6, 6.07) is 10.7. The van der Waals surface area contributed by atoms with Gasteiger partial charge in [0.2, 0.25) is 0 Å². The monoisotopic (exact) mass is 287 g/mol. The molecule has 2 aromatic rings. The molecule has 0 saturated carbocycles. The van der Waals surface area contributed by atoms with Gasteiger partial charge in [-0.05, 0) is 24.3 Å². The Balaban J connectivity index is 2.05. The fraction of sp³-hybridized carbons (Fsp3) is 0.214. The first-order valence-electron chi connectivity index (χ1n) is 6.48. The molecule has 0 unspecified atom stereocenters. The van der Waals surface area contributed by atoms with Crippen LogP contribution in [0.2, 0.25) is 0 Å². The Kier molecular flexibility index (Phi) is 5.05. The third kappa shape index (κ3) is 4.15. The molecule has 7 nitrogen and oxygen atoms in total. The number of nitrogens with two attached hydrogens (primary N) is 1. The number of amides is 1. The molecule has 1 aromatic carbocycles. The van der Waals surface area contributed by atoms with Crippen LogP contribution >= 0.6 is 0 Å². The van der Waals surface area contributed by atoms with E-state index < -0.39 is 0 Å². The Morgan fingerprint density at radius 3 is 2.81 bits per heavy atom. The highest BCUT2D eigenvalue weighted by molar-refractivity contribution is 5.91. The fourth-order valence-electron chi connectivity index (χ4n) is 1.64. The number of carbonyl (C=O) groups excluding carboxylic acids is 1. The molecule has 2 rings (SSSR count). The summed E-state index contributed by atoms with van der Waals surface area (Å²) in [6.45, 7) is 0.925. The Bertz CT molecular complexity index is 601. The minimum Gasteiger partial charge on any atom is -0.492 e. The molecule has 0 aliphatic heterocycles. The molecule has 0 atom stereocenters. The largest absolute Gasteiger partial charge is 0.492 e. The van der Waals surface area contributed by atoms with Crippen LogP contribution in [0.1, 0.15) is 10.5 Å². The van der Waals surface area contributed by atoms with E-state index in [1.807, 2.05) is 24.3 Å². The van der Waals surface area contributed by atoms with Gasteiger partial charge >= 0.3 is 0 Å². The van der Waals surface area contributed by atoms with Gasteiger partial charge in [0.25, 0.3) is 5.91 Å². The third-order valence-electron chi connectivity index (χ3n) is 2.62. The molecule has 0 fully saturated rings.